The second-order valence-electron chi connectivity index (χ2n) is 5.03. The van der Waals surface area contributed by atoms with Gasteiger partial charge < -0.3 is 16.0 Å². The van der Waals surface area contributed by atoms with Crippen molar-refractivity contribution in [1.29, 1.82) is 0 Å². The average Bonchev–Trinajstić information content (AvgIpc) is 2.64. The molecule has 0 atom stereocenters. The lowest BCUT2D eigenvalue weighted by molar-refractivity contribution is -0.132. The maximum atomic E-state index is 11.6. The molecular formula is C11H21N3O2. The highest BCUT2D eigenvalue weighted by atomic mass is 16.2. The minimum atomic E-state index is -0.527. The summed E-state index contributed by atoms with van der Waals surface area (Å²) in [6.45, 7) is 5.30. The minimum Gasteiger partial charge on any atom is -0.347 e. The highest BCUT2D eigenvalue weighted by Crippen LogP contribution is 2.07. The fraction of sp³-hybridized carbons (Fsp3) is 0.818. The number of amides is 2. The lowest BCUT2D eigenvalue weighted by Crippen LogP contribution is -2.43. The van der Waals surface area contributed by atoms with E-state index in [9.17, 15) is 9.59 Å². The number of nitrogens with one attached hydrogen (secondary N) is 1. The molecule has 0 radical (unpaired) electrons. The zero-order valence-corrected chi connectivity index (χ0v) is 10.1. The Morgan fingerprint density at radius 2 is 1.88 bits per heavy atom. The Hall–Kier alpha value is -1.10. The molecule has 1 saturated heterocycles. The van der Waals surface area contributed by atoms with E-state index in [-0.39, 0.29) is 24.8 Å². The third-order valence-electron chi connectivity index (χ3n) is 2.51. The first-order valence-corrected chi connectivity index (χ1v) is 5.72. The van der Waals surface area contributed by atoms with Crippen molar-refractivity contribution in [2.75, 3.05) is 19.6 Å². The van der Waals surface area contributed by atoms with Crippen LogP contribution in [0, 0.1) is 0 Å². The molecule has 1 heterocycles. The summed E-state index contributed by atoms with van der Waals surface area (Å²) in [5, 5.41) is 2.61. The molecule has 0 unspecified atom stereocenters. The molecule has 3 N–H and O–H groups in total. The molecule has 1 rings (SSSR count). The molecule has 0 aromatic carbocycles. The van der Waals surface area contributed by atoms with Crippen LogP contribution in [-0.4, -0.2) is 41.9 Å². The monoisotopic (exact) mass is 227 g/mol. The van der Waals surface area contributed by atoms with Gasteiger partial charge in [0.2, 0.25) is 11.8 Å². The molecule has 5 heteroatoms. The number of carbonyl (C=O) groups excluding carboxylic acids is 2. The lowest BCUT2D eigenvalue weighted by Gasteiger charge is -2.19. The van der Waals surface area contributed by atoms with Crippen LogP contribution in [0.4, 0.5) is 0 Å². The molecule has 0 aromatic rings. The number of hydrogen-bond donors (Lipinski definition) is 2. The van der Waals surface area contributed by atoms with Gasteiger partial charge in [-0.1, -0.05) is 0 Å². The van der Waals surface area contributed by atoms with Gasteiger partial charge in [0.15, 0.2) is 0 Å². The second kappa shape index (κ2) is 5.30. The average molecular weight is 227 g/mol. The van der Waals surface area contributed by atoms with E-state index in [1.807, 2.05) is 0 Å². The van der Waals surface area contributed by atoms with Crippen LogP contribution in [0.3, 0.4) is 0 Å². The highest BCUT2D eigenvalue weighted by molar-refractivity contribution is 5.85. The summed E-state index contributed by atoms with van der Waals surface area (Å²) in [5.41, 5.74) is 5.18. The smallest absolute Gasteiger partial charge is 0.241 e. The maximum absolute atomic E-state index is 11.6. The van der Waals surface area contributed by atoms with Crippen molar-refractivity contribution in [1.82, 2.24) is 10.2 Å². The molecule has 0 spiro atoms. The van der Waals surface area contributed by atoms with Gasteiger partial charge in [-0.15, -0.1) is 0 Å². The van der Waals surface area contributed by atoms with E-state index in [1.54, 1.807) is 18.7 Å². The Kier molecular flexibility index (Phi) is 4.29. The van der Waals surface area contributed by atoms with Crippen molar-refractivity contribution in [3.05, 3.63) is 0 Å². The van der Waals surface area contributed by atoms with Crippen molar-refractivity contribution in [2.45, 2.75) is 38.6 Å². The van der Waals surface area contributed by atoms with Crippen LogP contribution >= 0.6 is 0 Å². The number of hydrogen-bond acceptors (Lipinski definition) is 3. The van der Waals surface area contributed by atoms with Gasteiger partial charge in [-0.2, -0.15) is 0 Å². The largest absolute Gasteiger partial charge is 0.347 e. The summed E-state index contributed by atoms with van der Waals surface area (Å²) in [4.78, 5) is 24.8. The summed E-state index contributed by atoms with van der Waals surface area (Å²) >= 11 is 0. The van der Waals surface area contributed by atoms with Crippen molar-refractivity contribution in [3.8, 4) is 0 Å². The van der Waals surface area contributed by atoms with Crippen molar-refractivity contribution in [2.24, 2.45) is 5.73 Å². The highest BCUT2D eigenvalue weighted by Gasteiger charge is 2.20. The predicted octanol–water partition coefficient (Wildman–Crippen LogP) is -0.148. The van der Waals surface area contributed by atoms with Crippen LogP contribution in [0.25, 0.3) is 0 Å². The topological polar surface area (TPSA) is 75.4 Å². The van der Waals surface area contributed by atoms with E-state index in [1.165, 1.54) is 0 Å². The molecule has 0 saturated carbocycles. The van der Waals surface area contributed by atoms with Crippen LogP contribution in [0.1, 0.15) is 33.1 Å². The molecule has 0 aliphatic carbocycles. The zero-order chi connectivity index (χ0) is 12.2. The Morgan fingerprint density at radius 3 is 2.38 bits per heavy atom. The Labute approximate surface area is 96.4 Å². The molecule has 92 valence electrons. The van der Waals surface area contributed by atoms with E-state index >= 15 is 0 Å². The third kappa shape index (κ3) is 4.61. The van der Waals surface area contributed by atoms with Gasteiger partial charge in [0.05, 0.1) is 6.54 Å². The summed E-state index contributed by atoms with van der Waals surface area (Å²) in [6.07, 6.45) is 2.37. The molecule has 1 aliphatic heterocycles. The molecule has 0 bridgehead atoms. The number of likely N-dealkylation sites (tertiary alicyclic amines) is 1. The molecular weight excluding hydrogens is 206 g/mol. The molecule has 2 amide bonds. The first kappa shape index (κ1) is 13.0. The van der Waals surface area contributed by atoms with E-state index in [0.717, 1.165) is 25.9 Å². The van der Waals surface area contributed by atoms with E-state index < -0.39 is 5.54 Å². The number of nitrogens with two attached hydrogens (primary N) is 1. The fourth-order valence-electron chi connectivity index (χ4n) is 1.73. The van der Waals surface area contributed by atoms with Gasteiger partial charge in [-0.3, -0.25) is 9.59 Å². The lowest BCUT2D eigenvalue weighted by atomic mass is 10.0. The predicted molar refractivity (Wildman–Crippen MR) is 61.7 cm³/mol. The molecule has 1 aliphatic rings. The van der Waals surface area contributed by atoms with Gasteiger partial charge in [0.1, 0.15) is 0 Å². The van der Waals surface area contributed by atoms with Crippen LogP contribution < -0.4 is 11.1 Å². The Morgan fingerprint density at radius 1 is 1.31 bits per heavy atom. The standard InChI is InChI=1S/C11H21N3O2/c1-11(2,12)7-9(15)13-8-10(16)14-5-3-4-6-14/h3-8,12H2,1-2H3,(H,13,15). The van der Waals surface area contributed by atoms with E-state index in [2.05, 4.69) is 5.32 Å². The van der Waals surface area contributed by atoms with Gasteiger partial charge >= 0.3 is 0 Å². The van der Waals surface area contributed by atoms with E-state index in [0.29, 0.717) is 0 Å². The van der Waals surface area contributed by atoms with Crippen molar-refractivity contribution < 1.29 is 9.59 Å². The molecule has 1 fully saturated rings. The normalized spacial score (nSPS) is 16.3. The van der Waals surface area contributed by atoms with Crippen LogP contribution in [0.2, 0.25) is 0 Å². The second-order valence-corrected chi connectivity index (χ2v) is 5.03. The summed E-state index contributed by atoms with van der Waals surface area (Å²) in [5.74, 6) is -0.166. The fourth-order valence-corrected chi connectivity index (χ4v) is 1.73. The van der Waals surface area contributed by atoms with Crippen LogP contribution in [0.5, 0.6) is 0 Å². The summed E-state index contributed by atoms with van der Waals surface area (Å²) in [6, 6.07) is 0. The number of nitrogens with zero attached hydrogens (tertiary/aromatic N) is 1. The van der Waals surface area contributed by atoms with Crippen LogP contribution in [-0.2, 0) is 9.59 Å². The molecule has 5 nitrogen and oxygen atoms in total. The number of rotatable bonds is 4. The Bertz CT molecular complexity index is 265. The van der Waals surface area contributed by atoms with Crippen LogP contribution in [0.15, 0.2) is 0 Å². The maximum Gasteiger partial charge on any atom is 0.241 e. The summed E-state index contributed by atoms with van der Waals surface area (Å²) in [7, 11) is 0. The molecule has 16 heavy (non-hydrogen) atoms. The Balaban J connectivity index is 2.23. The van der Waals surface area contributed by atoms with Gasteiger partial charge in [0.25, 0.3) is 0 Å². The zero-order valence-electron chi connectivity index (χ0n) is 10.1. The van der Waals surface area contributed by atoms with Gasteiger partial charge in [-0.25, -0.2) is 0 Å². The first-order valence-electron chi connectivity index (χ1n) is 5.72. The first-order chi connectivity index (χ1) is 7.38. The van der Waals surface area contributed by atoms with Crippen molar-refractivity contribution >= 4 is 11.8 Å². The van der Waals surface area contributed by atoms with Gasteiger partial charge in [-0.05, 0) is 26.7 Å². The van der Waals surface area contributed by atoms with E-state index in [4.69, 9.17) is 5.73 Å². The molecule has 0 aromatic heterocycles. The quantitative estimate of drug-likeness (QED) is 0.701. The minimum absolute atomic E-state index is 0.000627. The SMILES string of the molecule is CC(C)(N)CC(=O)NCC(=O)N1CCCC1. The van der Waals surface area contributed by atoms with Gasteiger partial charge in [0, 0.05) is 25.0 Å². The third-order valence-corrected chi connectivity index (χ3v) is 2.51. The van der Waals surface area contributed by atoms with Crippen molar-refractivity contribution in [3.63, 3.8) is 0 Å². The summed E-state index contributed by atoms with van der Waals surface area (Å²) < 4.78 is 0. The number of carbonyl (C=O) groups is 2.